The van der Waals surface area contributed by atoms with E-state index in [9.17, 15) is 24.0 Å². The van der Waals surface area contributed by atoms with E-state index in [0.29, 0.717) is 45.4 Å². The van der Waals surface area contributed by atoms with Gasteiger partial charge in [0.1, 0.15) is 18.1 Å². The predicted octanol–water partition coefficient (Wildman–Crippen LogP) is 7.32. The Morgan fingerprint density at radius 3 is 2.49 bits per heavy atom. The van der Waals surface area contributed by atoms with Crippen LogP contribution in [0.25, 0.3) is 33.3 Å². The molecule has 8 rings (SSSR count). The molecule has 4 aromatic rings. The molecule has 15 nitrogen and oxygen atoms in total. The Bertz CT molecular complexity index is 2650. The van der Waals surface area contributed by atoms with Gasteiger partial charge in [-0.1, -0.05) is 71.0 Å². The van der Waals surface area contributed by atoms with Gasteiger partial charge < -0.3 is 34.1 Å². The van der Waals surface area contributed by atoms with Crippen LogP contribution in [-0.4, -0.2) is 131 Å². The number of amides is 5. The normalized spacial score (nSPS) is 21.9. The molecule has 15 heteroatoms. The van der Waals surface area contributed by atoms with E-state index in [1.165, 1.54) is 16.0 Å². The number of methoxy groups -OCH3 is 1. The number of benzene rings is 2. The highest BCUT2D eigenvalue weighted by Gasteiger charge is 2.54. The molecular weight excluding hydrogens is 885 g/mol. The average molecular weight is 957 g/mol. The minimum atomic E-state index is -1.06. The molecule has 1 spiro atoms. The zero-order valence-electron chi connectivity index (χ0n) is 42.5. The number of urea groups is 1. The monoisotopic (exact) mass is 957 g/mol. The molecule has 3 fully saturated rings. The highest BCUT2D eigenvalue weighted by molar-refractivity contribution is 5.96. The molecule has 5 atom stereocenters. The number of hydrazine groups is 1. The lowest BCUT2D eigenvalue weighted by atomic mass is 9.65. The van der Waals surface area contributed by atoms with Crippen LogP contribution in [0.15, 0.2) is 73.4 Å². The molecule has 70 heavy (non-hydrogen) atoms. The standard InChI is InChI=1S/C55H72N8O7/c1-11-46(64)59(8)45-31-61(32-55(45)23-16-24-55)53(68)60(9)48(34(3)4)50(65)57-43-28-36-17-13-18-37(27-36)38-21-22-44-40(29-38)41(49(62(44)12-2)39-19-14-25-56-47(39)35(5)69-10)30-54(6,7)33-70-52(67)42-20-15-26-63(58-42)51(43)66/h11,13-14,17-19,21-22,25,27,29,34-35,42-43,45,48,58H,1,12,15-16,20,23-24,26,28,30-33H2,2-10H3,(H,57,65)/t35-,42-,43?,45-,48-/m0/s1. The van der Waals surface area contributed by atoms with E-state index in [-0.39, 0.29) is 48.4 Å². The lowest BCUT2D eigenvalue weighted by Gasteiger charge is -2.45. The number of aromatic nitrogens is 2. The maximum Gasteiger partial charge on any atom is 0.324 e. The number of cyclic esters (lactones) is 1. The van der Waals surface area contributed by atoms with Gasteiger partial charge in [-0.15, -0.1) is 0 Å². The topological polar surface area (TPSA) is 159 Å². The van der Waals surface area contributed by atoms with Crippen molar-refractivity contribution in [3.8, 4) is 22.4 Å². The Balaban J connectivity index is 1.15. The van der Waals surface area contributed by atoms with Gasteiger partial charge in [-0.05, 0) is 104 Å². The summed E-state index contributed by atoms with van der Waals surface area (Å²) in [5, 5.41) is 5.64. The number of likely N-dealkylation sites (tertiary alicyclic amines) is 1. The number of pyridine rings is 1. The molecule has 374 valence electrons. The number of aryl methyl sites for hydroxylation is 1. The summed E-state index contributed by atoms with van der Waals surface area (Å²) < 4.78 is 14.3. The Kier molecular flexibility index (Phi) is 14.6. The highest BCUT2D eigenvalue weighted by atomic mass is 16.5. The largest absolute Gasteiger partial charge is 0.464 e. The number of carbonyl (C=O) groups is 5. The zero-order chi connectivity index (χ0) is 50.2. The van der Waals surface area contributed by atoms with Crippen LogP contribution in [0.1, 0.15) is 96.6 Å². The Labute approximate surface area is 412 Å². The zero-order valence-corrected chi connectivity index (χ0v) is 42.5. The maximum atomic E-state index is 14.8. The first-order valence-corrected chi connectivity index (χ1v) is 25.1. The van der Waals surface area contributed by atoms with Gasteiger partial charge in [0.2, 0.25) is 11.8 Å². The molecule has 1 saturated carbocycles. The van der Waals surface area contributed by atoms with Gasteiger partial charge in [-0.2, -0.15) is 0 Å². The van der Waals surface area contributed by atoms with Crippen molar-refractivity contribution in [2.45, 2.75) is 123 Å². The van der Waals surface area contributed by atoms with Gasteiger partial charge in [0.05, 0.1) is 30.1 Å². The fourth-order valence-corrected chi connectivity index (χ4v) is 11.6. The summed E-state index contributed by atoms with van der Waals surface area (Å²) in [5.74, 6) is -1.81. The summed E-state index contributed by atoms with van der Waals surface area (Å²) >= 11 is 0. The number of ether oxygens (including phenoxy) is 2. The second kappa shape index (κ2) is 20.3. The smallest absolute Gasteiger partial charge is 0.324 e. The molecule has 1 aliphatic carbocycles. The quantitative estimate of drug-likeness (QED) is 0.123. The van der Waals surface area contributed by atoms with Crippen LogP contribution in [0, 0.1) is 16.7 Å². The first-order chi connectivity index (χ1) is 33.4. The maximum absolute atomic E-state index is 14.8. The van der Waals surface area contributed by atoms with Crippen LogP contribution >= 0.6 is 0 Å². The summed E-state index contributed by atoms with van der Waals surface area (Å²) in [6.07, 6.45) is 7.44. The van der Waals surface area contributed by atoms with Crippen molar-refractivity contribution in [2.75, 3.05) is 47.4 Å². The highest BCUT2D eigenvalue weighted by Crippen LogP contribution is 2.50. The van der Waals surface area contributed by atoms with Gasteiger partial charge in [0, 0.05) is 87.3 Å². The van der Waals surface area contributed by atoms with Crippen molar-refractivity contribution in [1.82, 2.24) is 40.0 Å². The van der Waals surface area contributed by atoms with Crippen LogP contribution in [-0.2, 0) is 48.0 Å². The molecule has 1 unspecified atom stereocenters. The van der Waals surface area contributed by atoms with Crippen LogP contribution in [0.4, 0.5) is 4.79 Å². The third-order valence-corrected chi connectivity index (χ3v) is 15.5. The number of likely N-dealkylation sites (N-methyl/N-ethyl adjacent to an activating group) is 2. The molecule has 2 N–H and O–H groups in total. The third-order valence-electron chi connectivity index (χ3n) is 15.5. The molecule has 0 radical (unpaired) electrons. The van der Waals surface area contributed by atoms with Crippen LogP contribution in [0.5, 0.6) is 0 Å². The van der Waals surface area contributed by atoms with E-state index in [4.69, 9.17) is 14.5 Å². The third kappa shape index (κ3) is 9.71. The van der Waals surface area contributed by atoms with Crippen molar-refractivity contribution in [1.29, 1.82) is 0 Å². The van der Waals surface area contributed by atoms with E-state index in [0.717, 1.165) is 69.4 Å². The minimum absolute atomic E-state index is 0.135. The molecule has 5 heterocycles. The van der Waals surface area contributed by atoms with E-state index in [1.54, 1.807) is 37.2 Å². The number of carbonyl (C=O) groups excluding carboxylic acids is 5. The number of rotatable bonds is 10. The number of hydrogen-bond donors (Lipinski definition) is 2. The first-order valence-electron chi connectivity index (χ1n) is 25.1. The van der Waals surface area contributed by atoms with Gasteiger partial charge in [-0.3, -0.25) is 29.2 Å². The fraction of sp³-hybridized carbons (Fsp3) is 0.527. The minimum Gasteiger partial charge on any atom is -0.464 e. The fourth-order valence-electron chi connectivity index (χ4n) is 11.6. The van der Waals surface area contributed by atoms with Crippen molar-refractivity contribution in [3.05, 3.63) is 90.3 Å². The van der Waals surface area contributed by atoms with Gasteiger partial charge in [0.25, 0.3) is 5.91 Å². The summed E-state index contributed by atoms with van der Waals surface area (Å²) in [6, 6.07) is 15.4. The Morgan fingerprint density at radius 1 is 1.04 bits per heavy atom. The Hall–Kier alpha value is -6.06. The second-order valence-corrected chi connectivity index (χ2v) is 21.2. The van der Waals surface area contributed by atoms with Crippen molar-refractivity contribution in [3.63, 3.8) is 0 Å². The van der Waals surface area contributed by atoms with Crippen LogP contribution in [0.2, 0.25) is 0 Å². The second-order valence-electron chi connectivity index (χ2n) is 21.2. The number of fused-ring (bicyclic) bond motifs is 6. The summed E-state index contributed by atoms with van der Waals surface area (Å²) in [4.78, 5) is 80.6. The summed E-state index contributed by atoms with van der Waals surface area (Å²) in [5.41, 5.74) is 10.3. The number of esters is 1. The van der Waals surface area contributed by atoms with Gasteiger partial charge in [-0.25, -0.2) is 10.2 Å². The van der Waals surface area contributed by atoms with Crippen molar-refractivity contribution in [2.24, 2.45) is 16.7 Å². The summed E-state index contributed by atoms with van der Waals surface area (Å²) in [6.45, 7) is 17.8. The van der Waals surface area contributed by atoms with Crippen LogP contribution in [0.3, 0.4) is 0 Å². The Morgan fingerprint density at radius 2 is 1.80 bits per heavy atom. The van der Waals surface area contributed by atoms with E-state index >= 15 is 0 Å². The lowest BCUT2D eigenvalue weighted by Crippen LogP contribution is -2.62. The number of hydrogen-bond acceptors (Lipinski definition) is 9. The molecule has 4 aliphatic rings. The molecule has 3 aliphatic heterocycles. The van der Waals surface area contributed by atoms with Crippen LogP contribution < -0.4 is 10.7 Å². The van der Waals surface area contributed by atoms with E-state index in [1.807, 2.05) is 39.0 Å². The van der Waals surface area contributed by atoms with E-state index in [2.05, 4.69) is 79.1 Å². The van der Waals surface area contributed by atoms with Crippen molar-refractivity contribution < 1.29 is 33.4 Å². The lowest BCUT2D eigenvalue weighted by molar-refractivity contribution is -0.155. The predicted molar refractivity (Wildman–Crippen MR) is 270 cm³/mol. The average Bonchev–Trinajstić information content (AvgIpc) is 3.90. The SMILES string of the molecule is C=CC(=O)N(C)[C@H]1CN(C(=O)N(C)[C@H](C(=O)NC2Cc3cccc(c3)-c3ccc4c(c3)c(c(-c3cccnc3[C@H](C)OC)n4CC)CC(C)(C)COC(=O)[C@@H]3CCCN(N3)C2=O)C(C)C)CC12CCC2. The van der Waals surface area contributed by atoms with E-state index < -0.39 is 41.3 Å². The van der Waals surface area contributed by atoms with Crippen molar-refractivity contribution >= 4 is 40.6 Å². The molecular formula is C55H72N8O7. The molecule has 2 aromatic carbocycles. The summed E-state index contributed by atoms with van der Waals surface area (Å²) in [7, 11) is 5.10. The number of nitrogens with zero attached hydrogens (tertiary/aromatic N) is 6. The first kappa shape index (κ1) is 50.3. The molecule has 2 saturated heterocycles. The molecule has 2 aromatic heterocycles. The number of nitrogens with one attached hydrogen (secondary N) is 2. The molecule has 6 bridgehead atoms. The van der Waals surface area contributed by atoms with Gasteiger partial charge in [0.15, 0.2) is 0 Å². The van der Waals surface area contributed by atoms with Gasteiger partial charge >= 0.3 is 12.0 Å². The molecule has 5 amide bonds.